The molecule has 100 valence electrons. The standard InChI is InChI=1S/C17H22N2/c1-3-4-12-19(2)17-13-8-5-6-10-15(13)18-16-11-7-9-14(16)17/h5-6,8,10H,3-4,7,9,11-12H2,1-2H3. The van der Waals surface area contributed by atoms with Crippen LogP contribution in [0.3, 0.4) is 0 Å². The van der Waals surface area contributed by atoms with Crippen molar-refractivity contribution in [2.75, 3.05) is 18.5 Å². The van der Waals surface area contributed by atoms with Crippen LogP contribution in [0.15, 0.2) is 24.3 Å². The number of rotatable bonds is 4. The second-order valence-corrected chi connectivity index (χ2v) is 5.53. The maximum atomic E-state index is 4.85. The van der Waals surface area contributed by atoms with Gasteiger partial charge in [0.1, 0.15) is 0 Å². The Morgan fingerprint density at radius 1 is 1.21 bits per heavy atom. The normalized spacial score (nSPS) is 13.8. The molecule has 0 aliphatic heterocycles. The molecule has 0 unspecified atom stereocenters. The topological polar surface area (TPSA) is 16.1 Å². The Bertz CT molecular complexity index is 589. The molecule has 0 spiro atoms. The third kappa shape index (κ3) is 2.20. The van der Waals surface area contributed by atoms with Gasteiger partial charge in [-0.3, -0.25) is 4.98 Å². The van der Waals surface area contributed by atoms with Crippen LogP contribution in [-0.2, 0) is 12.8 Å². The molecule has 19 heavy (non-hydrogen) atoms. The van der Waals surface area contributed by atoms with Crippen molar-refractivity contribution < 1.29 is 0 Å². The SMILES string of the molecule is CCCCN(C)c1c2c(nc3ccccc13)CCC2. The fraction of sp³-hybridized carbons (Fsp3) is 0.471. The molecule has 1 aromatic carbocycles. The van der Waals surface area contributed by atoms with E-state index in [1.165, 1.54) is 48.0 Å². The lowest BCUT2D eigenvalue weighted by molar-refractivity contribution is 0.765. The molecular weight excluding hydrogens is 232 g/mol. The summed E-state index contributed by atoms with van der Waals surface area (Å²) in [6.07, 6.45) is 6.10. The molecule has 2 nitrogen and oxygen atoms in total. The molecule has 3 rings (SSSR count). The Morgan fingerprint density at radius 3 is 2.89 bits per heavy atom. The molecule has 1 aromatic heterocycles. The van der Waals surface area contributed by atoms with E-state index in [-0.39, 0.29) is 0 Å². The minimum absolute atomic E-state index is 1.14. The highest BCUT2D eigenvalue weighted by Gasteiger charge is 2.21. The van der Waals surface area contributed by atoms with Crippen LogP contribution in [0.25, 0.3) is 10.9 Å². The van der Waals surface area contributed by atoms with Crippen molar-refractivity contribution in [3.05, 3.63) is 35.5 Å². The number of aryl methyl sites for hydroxylation is 1. The number of unbranched alkanes of at least 4 members (excludes halogenated alkanes) is 1. The Balaban J connectivity index is 2.14. The number of hydrogen-bond acceptors (Lipinski definition) is 2. The van der Waals surface area contributed by atoms with Crippen molar-refractivity contribution in [2.24, 2.45) is 0 Å². The van der Waals surface area contributed by atoms with Crippen molar-refractivity contribution in [2.45, 2.75) is 39.0 Å². The zero-order chi connectivity index (χ0) is 13.2. The lowest BCUT2D eigenvalue weighted by Crippen LogP contribution is -2.20. The maximum absolute atomic E-state index is 4.85. The molecule has 0 bridgehead atoms. The van der Waals surface area contributed by atoms with E-state index < -0.39 is 0 Å². The first-order valence-corrected chi connectivity index (χ1v) is 7.43. The molecule has 0 saturated carbocycles. The number of nitrogens with zero attached hydrogens (tertiary/aromatic N) is 2. The average Bonchev–Trinajstić information content (AvgIpc) is 2.89. The number of para-hydroxylation sites is 1. The molecule has 1 aliphatic rings. The fourth-order valence-electron chi connectivity index (χ4n) is 3.13. The Hall–Kier alpha value is -1.57. The summed E-state index contributed by atoms with van der Waals surface area (Å²) in [5.41, 5.74) is 5.42. The molecule has 0 amide bonds. The minimum Gasteiger partial charge on any atom is -0.374 e. The number of aromatic nitrogens is 1. The Morgan fingerprint density at radius 2 is 2.05 bits per heavy atom. The van der Waals surface area contributed by atoms with Crippen LogP contribution >= 0.6 is 0 Å². The largest absolute Gasteiger partial charge is 0.374 e. The number of anilines is 1. The second kappa shape index (κ2) is 5.20. The van der Waals surface area contributed by atoms with Crippen LogP contribution in [0.5, 0.6) is 0 Å². The van der Waals surface area contributed by atoms with Gasteiger partial charge in [-0.2, -0.15) is 0 Å². The van der Waals surface area contributed by atoms with Gasteiger partial charge in [0.05, 0.1) is 11.2 Å². The van der Waals surface area contributed by atoms with Crippen molar-refractivity contribution in [1.82, 2.24) is 4.98 Å². The first kappa shape index (κ1) is 12.5. The van der Waals surface area contributed by atoms with E-state index in [9.17, 15) is 0 Å². The highest BCUT2D eigenvalue weighted by Crippen LogP contribution is 2.36. The van der Waals surface area contributed by atoms with Crippen LogP contribution in [-0.4, -0.2) is 18.6 Å². The van der Waals surface area contributed by atoms with E-state index >= 15 is 0 Å². The highest BCUT2D eigenvalue weighted by atomic mass is 15.1. The second-order valence-electron chi connectivity index (χ2n) is 5.53. The van der Waals surface area contributed by atoms with Gasteiger partial charge in [-0.1, -0.05) is 31.5 Å². The Kier molecular flexibility index (Phi) is 3.41. The summed E-state index contributed by atoms with van der Waals surface area (Å²) in [5, 5.41) is 1.32. The van der Waals surface area contributed by atoms with E-state index in [0.717, 1.165) is 18.5 Å². The van der Waals surface area contributed by atoms with Crippen molar-refractivity contribution in [3.63, 3.8) is 0 Å². The summed E-state index contributed by atoms with van der Waals surface area (Å²) in [6, 6.07) is 8.58. The van der Waals surface area contributed by atoms with E-state index in [4.69, 9.17) is 4.98 Å². The first-order chi connectivity index (χ1) is 9.31. The van der Waals surface area contributed by atoms with Crippen molar-refractivity contribution in [3.8, 4) is 0 Å². The molecule has 0 fully saturated rings. The van der Waals surface area contributed by atoms with Gasteiger partial charge in [0.15, 0.2) is 0 Å². The van der Waals surface area contributed by atoms with Crippen LogP contribution < -0.4 is 4.90 Å². The van der Waals surface area contributed by atoms with Gasteiger partial charge in [-0.15, -0.1) is 0 Å². The van der Waals surface area contributed by atoms with Crippen molar-refractivity contribution in [1.29, 1.82) is 0 Å². The zero-order valence-corrected chi connectivity index (χ0v) is 11.9. The summed E-state index contributed by atoms with van der Waals surface area (Å²) in [4.78, 5) is 7.29. The first-order valence-electron chi connectivity index (χ1n) is 7.43. The van der Waals surface area contributed by atoms with Crippen LogP contribution in [0, 0.1) is 0 Å². The molecule has 0 atom stereocenters. The summed E-state index contributed by atoms with van der Waals surface area (Å²) in [6.45, 7) is 3.39. The third-order valence-corrected chi connectivity index (χ3v) is 4.12. The third-order valence-electron chi connectivity index (χ3n) is 4.12. The molecule has 0 saturated heterocycles. The van der Waals surface area contributed by atoms with E-state index in [0.29, 0.717) is 0 Å². The average molecular weight is 254 g/mol. The van der Waals surface area contributed by atoms with Gasteiger partial charge in [0.25, 0.3) is 0 Å². The lowest BCUT2D eigenvalue weighted by atomic mass is 10.1. The molecule has 0 N–H and O–H groups in total. The molecule has 2 heteroatoms. The Labute approximate surface area is 115 Å². The molecule has 1 aliphatic carbocycles. The lowest BCUT2D eigenvalue weighted by Gasteiger charge is -2.24. The number of benzene rings is 1. The number of pyridine rings is 1. The highest BCUT2D eigenvalue weighted by molar-refractivity contribution is 5.94. The summed E-state index contributed by atoms with van der Waals surface area (Å²) >= 11 is 0. The summed E-state index contributed by atoms with van der Waals surface area (Å²) < 4.78 is 0. The zero-order valence-electron chi connectivity index (χ0n) is 11.9. The predicted octanol–water partition coefficient (Wildman–Crippen LogP) is 3.96. The fourth-order valence-corrected chi connectivity index (χ4v) is 3.13. The maximum Gasteiger partial charge on any atom is 0.0726 e. The summed E-state index contributed by atoms with van der Waals surface area (Å²) in [5.74, 6) is 0. The van der Waals surface area contributed by atoms with E-state index in [1.54, 1.807) is 0 Å². The van der Waals surface area contributed by atoms with E-state index in [1.807, 2.05) is 0 Å². The number of fused-ring (bicyclic) bond motifs is 2. The van der Waals surface area contributed by atoms with Gasteiger partial charge < -0.3 is 4.90 Å². The molecule has 0 radical (unpaired) electrons. The van der Waals surface area contributed by atoms with Gasteiger partial charge >= 0.3 is 0 Å². The van der Waals surface area contributed by atoms with E-state index in [2.05, 4.69) is 43.1 Å². The number of hydrogen-bond donors (Lipinski definition) is 0. The molecule has 2 aromatic rings. The van der Waals surface area contributed by atoms with Crippen LogP contribution in [0.2, 0.25) is 0 Å². The monoisotopic (exact) mass is 254 g/mol. The van der Waals surface area contributed by atoms with Gasteiger partial charge in [0, 0.05) is 24.7 Å². The minimum atomic E-state index is 1.14. The van der Waals surface area contributed by atoms with Crippen molar-refractivity contribution >= 4 is 16.6 Å². The summed E-state index contributed by atoms with van der Waals surface area (Å²) in [7, 11) is 2.23. The molecule has 1 heterocycles. The smallest absolute Gasteiger partial charge is 0.0726 e. The quantitative estimate of drug-likeness (QED) is 0.821. The molecular formula is C17H22N2. The van der Waals surface area contributed by atoms with Gasteiger partial charge in [0.2, 0.25) is 0 Å². The van der Waals surface area contributed by atoms with Gasteiger partial charge in [-0.25, -0.2) is 0 Å². The van der Waals surface area contributed by atoms with Crippen LogP contribution in [0.4, 0.5) is 5.69 Å². The van der Waals surface area contributed by atoms with Gasteiger partial charge in [-0.05, 0) is 37.3 Å². The van der Waals surface area contributed by atoms with Crippen LogP contribution in [0.1, 0.15) is 37.4 Å². The predicted molar refractivity (Wildman–Crippen MR) is 81.9 cm³/mol.